The summed E-state index contributed by atoms with van der Waals surface area (Å²) in [6, 6.07) is 50.9. The molecule has 0 radical (unpaired) electrons. The zero-order valence-corrected chi connectivity index (χ0v) is 28.4. The number of para-hydroxylation sites is 3. The average Bonchev–Trinajstić information content (AvgIpc) is 3.78. The first kappa shape index (κ1) is 28.4. The van der Waals surface area contributed by atoms with E-state index in [1.807, 2.05) is 83.4 Å². The minimum absolute atomic E-state index is 0.0105. The highest BCUT2D eigenvalue weighted by Crippen LogP contribution is 2.44. The molecule has 0 saturated heterocycles. The smallest absolute Gasteiger partial charge is 0.298 e. The van der Waals surface area contributed by atoms with Crippen LogP contribution in [0, 0.1) is 0 Å². The summed E-state index contributed by atoms with van der Waals surface area (Å²) in [5, 5.41) is 1.77. The van der Waals surface area contributed by atoms with E-state index in [0.717, 1.165) is 33.0 Å². The molecule has 0 N–H and O–H groups in total. The van der Waals surface area contributed by atoms with Crippen LogP contribution in [-0.4, -0.2) is 23.2 Å². The summed E-state index contributed by atoms with van der Waals surface area (Å²) < 4.78 is 60.0. The minimum Gasteiger partial charge on any atom is -0.355 e. The van der Waals surface area contributed by atoms with Crippen molar-refractivity contribution in [3.8, 4) is 5.82 Å². The number of benzene rings is 6. The molecule has 6 heteroatoms. The molecule has 0 unspecified atom stereocenters. The lowest BCUT2D eigenvalue weighted by Crippen LogP contribution is -2.25. The molecule has 1 aliphatic rings. The Balaban J connectivity index is 1.16. The third-order valence-corrected chi connectivity index (χ3v) is 10.6. The molecule has 52 heavy (non-hydrogen) atoms. The Bertz CT molecular complexity index is 2650. The molecule has 0 spiro atoms. The molecule has 0 aliphatic carbocycles. The third kappa shape index (κ3) is 4.97. The maximum Gasteiger partial charge on any atom is 0.298 e. The van der Waals surface area contributed by atoms with Gasteiger partial charge < -0.3 is 9.80 Å². The number of alkyl halides is 2. The Labute approximate surface area is 306 Å². The topological polar surface area (TPSA) is 24.3 Å². The normalized spacial score (nSPS) is 14.3. The first-order valence-electron chi connectivity index (χ1n) is 18.8. The van der Waals surface area contributed by atoms with Gasteiger partial charge in [-0.15, -0.1) is 0 Å². The van der Waals surface area contributed by atoms with E-state index in [1.165, 1.54) is 23.1 Å². The standard InChI is InChI=1S/C46H36F2N4/c1-45(32-14-5-3-6-15-32,33-16-7-4-8-17-33)34-26-27-49-44(30-34)52-40-21-10-9-20-38(40)39-25-24-36(29-43(39)52)46(47,48)35-18-13-19-37(28-35)51-31-50(2)41-22-11-12-23-42(41)51/h3-30H,31H2,1-2H3/i2D3. The fraction of sp³-hybridized carbons (Fsp3) is 0.109. The van der Waals surface area contributed by atoms with Crippen LogP contribution in [0.1, 0.15) is 38.9 Å². The average molecular weight is 686 g/mol. The molecule has 2 aromatic heterocycles. The highest BCUT2D eigenvalue weighted by atomic mass is 19.3. The van der Waals surface area contributed by atoms with Crippen molar-refractivity contribution < 1.29 is 12.9 Å². The number of pyridine rings is 1. The van der Waals surface area contributed by atoms with Crippen LogP contribution in [0.15, 0.2) is 170 Å². The quantitative estimate of drug-likeness (QED) is 0.167. The third-order valence-electron chi connectivity index (χ3n) is 10.6. The molecule has 0 amide bonds. The Kier molecular flexibility index (Phi) is 6.67. The van der Waals surface area contributed by atoms with Crippen molar-refractivity contribution in [3.05, 3.63) is 198 Å². The highest BCUT2D eigenvalue weighted by Gasteiger charge is 2.36. The summed E-state index contributed by atoms with van der Waals surface area (Å²) in [5.41, 5.74) is 5.49. The zero-order chi connectivity index (χ0) is 38.0. The van der Waals surface area contributed by atoms with Crippen molar-refractivity contribution in [2.24, 2.45) is 0 Å². The number of rotatable bonds is 7. The Morgan fingerprint density at radius 2 is 1.21 bits per heavy atom. The van der Waals surface area contributed by atoms with Crippen LogP contribution in [0.3, 0.4) is 0 Å². The van der Waals surface area contributed by atoms with Crippen LogP contribution >= 0.6 is 0 Å². The molecule has 4 nitrogen and oxygen atoms in total. The van der Waals surface area contributed by atoms with Crippen LogP contribution in [0.5, 0.6) is 0 Å². The van der Waals surface area contributed by atoms with Gasteiger partial charge in [-0.3, -0.25) is 4.57 Å². The fourth-order valence-electron chi connectivity index (χ4n) is 7.78. The molecule has 0 bridgehead atoms. The molecular weight excluding hydrogens is 647 g/mol. The number of fused-ring (bicyclic) bond motifs is 4. The summed E-state index contributed by atoms with van der Waals surface area (Å²) in [7, 11) is 0. The number of aromatic nitrogens is 2. The van der Waals surface area contributed by atoms with Gasteiger partial charge in [-0.1, -0.05) is 115 Å². The second-order valence-corrected chi connectivity index (χ2v) is 13.5. The molecule has 254 valence electrons. The number of nitrogens with zero attached hydrogens (tertiary/aromatic N) is 4. The summed E-state index contributed by atoms with van der Waals surface area (Å²) in [6.45, 7) is -0.177. The maximum absolute atomic E-state index is 16.9. The number of anilines is 3. The molecule has 0 atom stereocenters. The van der Waals surface area contributed by atoms with Gasteiger partial charge >= 0.3 is 0 Å². The van der Waals surface area contributed by atoms with Gasteiger partial charge in [-0.25, -0.2) is 4.98 Å². The number of halogens is 2. The van der Waals surface area contributed by atoms with Crippen molar-refractivity contribution in [1.82, 2.24) is 9.55 Å². The molecule has 3 heterocycles. The zero-order valence-electron chi connectivity index (χ0n) is 31.4. The van der Waals surface area contributed by atoms with Crippen molar-refractivity contribution in [1.29, 1.82) is 0 Å². The summed E-state index contributed by atoms with van der Waals surface area (Å²) in [5.74, 6) is -2.76. The highest BCUT2D eigenvalue weighted by molar-refractivity contribution is 6.09. The van der Waals surface area contributed by atoms with E-state index in [1.54, 1.807) is 47.5 Å². The number of hydrogen-bond donors (Lipinski definition) is 0. The lowest BCUT2D eigenvalue weighted by atomic mass is 9.71. The predicted molar refractivity (Wildman–Crippen MR) is 208 cm³/mol. The van der Waals surface area contributed by atoms with Gasteiger partial charge in [0.05, 0.1) is 29.1 Å². The van der Waals surface area contributed by atoms with Gasteiger partial charge in [0.25, 0.3) is 5.92 Å². The van der Waals surface area contributed by atoms with E-state index in [-0.39, 0.29) is 17.8 Å². The molecular formula is C46H36F2N4. The minimum atomic E-state index is -3.39. The van der Waals surface area contributed by atoms with E-state index in [4.69, 9.17) is 9.10 Å². The molecule has 0 saturated carbocycles. The van der Waals surface area contributed by atoms with E-state index in [2.05, 4.69) is 37.3 Å². The van der Waals surface area contributed by atoms with E-state index in [9.17, 15) is 0 Å². The second kappa shape index (κ2) is 12.2. The summed E-state index contributed by atoms with van der Waals surface area (Å²) in [6.07, 6.45) is 1.79. The molecule has 1 aliphatic heterocycles. The fourth-order valence-corrected chi connectivity index (χ4v) is 7.78. The SMILES string of the molecule is [2H]C([2H])([2H])N1CN(c2cccc(C(F)(F)c3ccc4c5ccccc5n(-c5cc(C(C)(c6ccccc6)c6ccccc6)ccn5)c4c3)c2)c2ccccc21. The van der Waals surface area contributed by atoms with Crippen LogP contribution in [0.4, 0.5) is 25.8 Å². The van der Waals surface area contributed by atoms with Crippen LogP contribution in [0.2, 0.25) is 0 Å². The van der Waals surface area contributed by atoms with Crippen molar-refractivity contribution in [2.75, 3.05) is 23.4 Å². The van der Waals surface area contributed by atoms with Gasteiger partial charge in [-0.05, 0) is 72.1 Å². The van der Waals surface area contributed by atoms with Gasteiger partial charge in [-0.2, -0.15) is 8.78 Å². The number of hydrogen-bond acceptors (Lipinski definition) is 3. The Morgan fingerprint density at radius 3 is 1.96 bits per heavy atom. The summed E-state index contributed by atoms with van der Waals surface area (Å²) in [4.78, 5) is 7.93. The lowest BCUT2D eigenvalue weighted by Gasteiger charge is -2.32. The second-order valence-electron chi connectivity index (χ2n) is 13.5. The van der Waals surface area contributed by atoms with Crippen LogP contribution in [0.25, 0.3) is 27.6 Å². The predicted octanol–water partition coefficient (Wildman–Crippen LogP) is 11.2. The summed E-state index contributed by atoms with van der Waals surface area (Å²) >= 11 is 0. The molecule has 6 aromatic carbocycles. The van der Waals surface area contributed by atoms with Crippen LogP contribution in [-0.2, 0) is 11.3 Å². The van der Waals surface area contributed by atoms with Gasteiger partial charge in [0.15, 0.2) is 0 Å². The Morgan fingerprint density at radius 1 is 0.577 bits per heavy atom. The van der Waals surface area contributed by atoms with Crippen molar-refractivity contribution in [2.45, 2.75) is 18.3 Å². The van der Waals surface area contributed by atoms with Crippen molar-refractivity contribution in [3.63, 3.8) is 0 Å². The largest absolute Gasteiger partial charge is 0.355 e. The molecule has 8 aromatic rings. The monoisotopic (exact) mass is 685 g/mol. The van der Waals surface area contributed by atoms with Crippen molar-refractivity contribution >= 4 is 38.9 Å². The first-order chi connectivity index (χ1) is 26.5. The first-order valence-corrected chi connectivity index (χ1v) is 17.3. The molecule has 0 fully saturated rings. The van der Waals surface area contributed by atoms with Gasteiger partial charge in [0.1, 0.15) is 5.82 Å². The maximum atomic E-state index is 16.9. The van der Waals surface area contributed by atoms with E-state index < -0.39 is 18.3 Å². The van der Waals surface area contributed by atoms with Gasteiger partial charge in [0, 0.05) is 50.3 Å². The van der Waals surface area contributed by atoms with Gasteiger partial charge in [0.2, 0.25) is 0 Å². The van der Waals surface area contributed by atoms with Crippen LogP contribution < -0.4 is 9.80 Å². The van der Waals surface area contributed by atoms with E-state index in [0.29, 0.717) is 28.4 Å². The lowest BCUT2D eigenvalue weighted by molar-refractivity contribution is 0.0430. The Hall–Kier alpha value is -6.27. The van der Waals surface area contributed by atoms with E-state index >= 15 is 8.78 Å². The molecule has 9 rings (SSSR count).